The maximum absolute atomic E-state index is 11.2. The third kappa shape index (κ3) is 2.45. The summed E-state index contributed by atoms with van der Waals surface area (Å²) in [4.78, 5) is 21.3. The summed E-state index contributed by atoms with van der Waals surface area (Å²) in [5.74, 6) is -0.331. The van der Waals surface area contributed by atoms with Crippen LogP contribution in [0.3, 0.4) is 0 Å². The number of hydrogen-bond acceptors (Lipinski definition) is 3. The Morgan fingerprint density at radius 3 is 2.44 bits per heavy atom. The zero-order chi connectivity index (χ0) is 12.2. The largest absolute Gasteiger partial charge is 0.302 e. The number of benzene rings is 1. The molecule has 0 N–H and O–H groups in total. The zero-order valence-electron chi connectivity index (χ0n) is 9.42. The van der Waals surface area contributed by atoms with Crippen LogP contribution in [0.2, 0.25) is 0 Å². The Balaban J connectivity index is 3.02. The molecule has 2 unspecified atom stereocenters. The van der Waals surface area contributed by atoms with Crippen molar-refractivity contribution >= 4 is 6.29 Å². The van der Waals surface area contributed by atoms with Gasteiger partial charge in [-0.3, -0.25) is 10.1 Å². The maximum atomic E-state index is 11.2. The van der Waals surface area contributed by atoms with Gasteiger partial charge in [-0.15, -0.1) is 0 Å². The first-order valence-corrected chi connectivity index (χ1v) is 5.14. The second-order valence-corrected chi connectivity index (χ2v) is 4.18. The number of rotatable bonds is 5. The van der Waals surface area contributed by atoms with Crippen molar-refractivity contribution in [2.24, 2.45) is 5.92 Å². The molecule has 0 aliphatic rings. The van der Waals surface area contributed by atoms with Gasteiger partial charge in [0.15, 0.2) is 0 Å². The third-order valence-electron chi connectivity index (χ3n) is 3.09. The van der Waals surface area contributed by atoms with Crippen LogP contribution in [0.15, 0.2) is 30.3 Å². The molecule has 0 amide bonds. The van der Waals surface area contributed by atoms with E-state index >= 15 is 0 Å². The molecule has 0 saturated heterocycles. The van der Waals surface area contributed by atoms with Crippen molar-refractivity contribution in [2.45, 2.75) is 19.3 Å². The molecule has 0 aromatic heterocycles. The summed E-state index contributed by atoms with van der Waals surface area (Å²) in [6, 6.07) is 9.16. The molecule has 0 heterocycles. The molecule has 0 spiro atoms. The Morgan fingerprint density at radius 2 is 2.00 bits per heavy atom. The van der Waals surface area contributed by atoms with Crippen LogP contribution in [0, 0.1) is 16.0 Å². The summed E-state index contributed by atoms with van der Waals surface area (Å²) < 4.78 is 0. The molecule has 86 valence electrons. The van der Waals surface area contributed by atoms with E-state index in [2.05, 4.69) is 0 Å². The molecule has 1 rings (SSSR count). The van der Waals surface area contributed by atoms with Gasteiger partial charge in [0.2, 0.25) is 6.54 Å². The van der Waals surface area contributed by atoms with Crippen molar-refractivity contribution in [3.05, 3.63) is 46.0 Å². The zero-order valence-corrected chi connectivity index (χ0v) is 9.42. The molecule has 4 heteroatoms. The van der Waals surface area contributed by atoms with E-state index in [1.54, 1.807) is 13.8 Å². The Labute approximate surface area is 94.4 Å². The van der Waals surface area contributed by atoms with Crippen LogP contribution in [0.25, 0.3) is 0 Å². The van der Waals surface area contributed by atoms with Crippen LogP contribution in [0.1, 0.15) is 19.4 Å². The highest BCUT2D eigenvalue weighted by molar-refractivity contribution is 5.68. The third-order valence-corrected chi connectivity index (χ3v) is 3.09. The number of carbonyl (C=O) groups excluding carboxylic acids is 1. The lowest BCUT2D eigenvalue weighted by atomic mass is 9.74. The maximum Gasteiger partial charge on any atom is 0.207 e. The number of hydrogen-bond donors (Lipinski definition) is 0. The van der Waals surface area contributed by atoms with E-state index in [9.17, 15) is 14.9 Å². The van der Waals surface area contributed by atoms with Crippen molar-refractivity contribution in [1.82, 2.24) is 0 Å². The van der Waals surface area contributed by atoms with Crippen molar-refractivity contribution in [2.75, 3.05) is 6.54 Å². The Kier molecular flexibility index (Phi) is 3.77. The summed E-state index contributed by atoms with van der Waals surface area (Å²) >= 11 is 0. The van der Waals surface area contributed by atoms with E-state index in [1.807, 2.05) is 30.3 Å². The molecular weight excluding hydrogens is 206 g/mol. The first-order chi connectivity index (χ1) is 7.50. The highest BCUT2D eigenvalue weighted by Crippen LogP contribution is 2.29. The van der Waals surface area contributed by atoms with Crippen molar-refractivity contribution in [3.63, 3.8) is 0 Å². The van der Waals surface area contributed by atoms with Gasteiger partial charge < -0.3 is 4.79 Å². The predicted molar refractivity (Wildman–Crippen MR) is 60.9 cm³/mol. The fourth-order valence-corrected chi connectivity index (χ4v) is 1.68. The summed E-state index contributed by atoms with van der Waals surface area (Å²) in [5.41, 5.74) is 0.0216. The molecule has 0 aliphatic carbocycles. The first-order valence-electron chi connectivity index (χ1n) is 5.14. The molecule has 1 aromatic carbocycles. The lowest BCUT2D eigenvalue weighted by molar-refractivity contribution is -0.489. The Bertz CT molecular complexity index is 377. The fraction of sp³-hybridized carbons (Fsp3) is 0.417. The summed E-state index contributed by atoms with van der Waals surface area (Å²) in [7, 11) is 0. The standard InChI is InChI=1S/C12H15NO3/c1-10(8-13(15)16)12(2,9-14)11-6-4-3-5-7-11/h3-7,9-10H,8H2,1-2H3. The molecule has 1 aromatic rings. The van der Waals surface area contributed by atoms with E-state index in [0.29, 0.717) is 0 Å². The van der Waals surface area contributed by atoms with Gasteiger partial charge in [-0.2, -0.15) is 0 Å². The number of aldehydes is 1. The van der Waals surface area contributed by atoms with E-state index in [1.165, 1.54) is 0 Å². The van der Waals surface area contributed by atoms with E-state index < -0.39 is 5.41 Å². The quantitative estimate of drug-likeness (QED) is 0.434. The average molecular weight is 221 g/mol. The van der Waals surface area contributed by atoms with Crippen LogP contribution in [0.4, 0.5) is 0 Å². The lowest BCUT2D eigenvalue weighted by Gasteiger charge is -2.28. The summed E-state index contributed by atoms with van der Waals surface area (Å²) in [5, 5.41) is 10.5. The molecule has 4 nitrogen and oxygen atoms in total. The molecule has 0 radical (unpaired) electrons. The van der Waals surface area contributed by atoms with Gasteiger partial charge in [-0.1, -0.05) is 37.3 Å². The number of carbonyl (C=O) groups is 1. The fourth-order valence-electron chi connectivity index (χ4n) is 1.68. The van der Waals surface area contributed by atoms with Gasteiger partial charge >= 0.3 is 0 Å². The second-order valence-electron chi connectivity index (χ2n) is 4.18. The lowest BCUT2D eigenvalue weighted by Crippen LogP contribution is -2.36. The van der Waals surface area contributed by atoms with E-state index in [0.717, 1.165) is 11.8 Å². The molecule has 0 bridgehead atoms. The van der Waals surface area contributed by atoms with Crippen LogP contribution < -0.4 is 0 Å². The second kappa shape index (κ2) is 4.88. The van der Waals surface area contributed by atoms with Crippen LogP contribution in [0.5, 0.6) is 0 Å². The van der Waals surface area contributed by atoms with Crippen molar-refractivity contribution in [1.29, 1.82) is 0 Å². The predicted octanol–water partition coefficient (Wildman–Crippen LogP) is 2.06. The van der Waals surface area contributed by atoms with E-state index in [4.69, 9.17) is 0 Å². The average Bonchev–Trinajstić information content (AvgIpc) is 2.28. The number of nitro groups is 1. The molecular formula is C12H15NO3. The van der Waals surface area contributed by atoms with Gasteiger partial charge in [0.1, 0.15) is 6.29 Å². The number of nitrogens with zero attached hydrogens (tertiary/aromatic N) is 1. The molecule has 2 atom stereocenters. The topological polar surface area (TPSA) is 60.2 Å². The smallest absolute Gasteiger partial charge is 0.207 e. The first kappa shape index (κ1) is 12.4. The van der Waals surface area contributed by atoms with Gasteiger partial charge in [0, 0.05) is 10.8 Å². The molecule has 0 fully saturated rings. The Morgan fingerprint density at radius 1 is 1.44 bits per heavy atom. The minimum absolute atomic E-state index is 0.204. The SMILES string of the molecule is CC(C[N+](=O)[O-])C(C)(C=O)c1ccccc1. The van der Waals surface area contributed by atoms with Gasteiger partial charge in [-0.25, -0.2) is 0 Å². The van der Waals surface area contributed by atoms with Crippen LogP contribution in [-0.4, -0.2) is 17.8 Å². The van der Waals surface area contributed by atoms with Gasteiger partial charge in [0.25, 0.3) is 0 Å². The highest BCUT2D eigenvalue weighted by Gasteiger charge is 2.35. The molecule has 0 aliphatic heterocycles. The monoisotopic (exact) mass is 221 g/mol. The minimum atomic E-state index is -0.797. The van der Waals surface area contributed by atoms with E-state index in [-0.39, 0.29) is 17.4 Å². The van der Waals surface area contributed by atoms with Gasteiger partial charge in [-0.05, 0) is 12.5 Å². The van der Waals surface area contributed by atoms with Crippen LogP contribution >= 0.6 is 0 Å². The Hall–Kier alpha value is -1.71. The summed E-state index contributed by atoms with van der Waals surface area (Å²) in [6.45, 7) is 3.26. The molecule has 16 heavy (non-hydrogen) atoms. The normalized spacial score (nSPS) is 16.1. The molecule has 0 saturated carbocycles. The van der Waals surface area contributed by atoms with Gasteiger partial charge in [0.05, 0.1) is 5.41 Å². The van der Waals surface area contributed by atoms with Crippen LogP contribution in [-0.2, 0) is 10.2 Å². The van der Waals surface area contributed by atoms with Crippen molar-refractivity contribution in [3.8, 4) is 0 Å². The van der Waals surface area contributed by atoms with Crippen molar-refractivity contribution < 1.29 is 9.72 Å². The highest BCUT2D eigenvalue weighted by atomic mass is 16.6. The minimum Gasteiger partial charge on any atom is -0.302 e. The summed E-state index contributed by atoms with van der Waals surface area (Å²) in [6.07, 6.45) is 0.802.